The molecule has 0 heterocycles. The van der Waals surface area contributed by atoms with Crippen LogP contribution in [0, 0.1) is 0 Å². The maximum absolute atomic E-state index is 8.99. The summed E-state index contributed by atoms with van der Waals surface area (Å²) in [5, 5.41) is 9.69. The lowest BCUT2D eigenvalue weighted by Gasteiger charge is -2.28. The largest absolute Gasteiger partial charge is 0.392 e. The zero-order chi connectivity index (χ0) is 11.4. The Hall–Kier alpha value is -0.730. The van der Waals surface area contributed by atoms with Gasteiger partial charge in [0.15, 0.2) is 0 Å². The molecule has 1 rings (SSSR count). The molecule has 0 fully saturated rings. The van der Waals surface area contributed by atoms with Crippen molar-refractivity contribution < 1.29 is 5.11 Å². The normalized spacial score (nSPS) is 10.8. The first-order valence-corrected chi connectivity index (χ1v) is 5.63. The number of rotatable bonds is 4. The van der Waals surface area contributed by atoms with Crippen LogP contribution in [0.4, 0.5) is 5.69 Å². The molecule has 2 nitrogen and oxygen atoms in total. The number of anilines is 1. The van der Waals surface area contributed by atoms with Crippen molar-refractivity contribution in [3.63, 3.8) is 0 Å². The van der Waals surface area contributed by atoms with Gasteiger partial charge < -0.3 is 10.0 Å². The van der Waals surface area contributed by atoms with Crippen molar-refractivity contribution in [3.05, 3.63) is 28.8 Å². The fourth-order valence-corrected chi connectivity index (χ4v) is 2.01. The molecule has 0 aliphatic carbocycles. The van der Waals surface area contributed by atoms with Gasteiger partial charge in [-0.25, -0.2) is 0 Å². The number of hydrogen-bond donors (Lipinski definition) is 1. The van der Waals surface area contributed by atoms with Gasteiger partial charge in [0.2, 0.25) is 0 Å². The van der Waals surface area contributed by atoms with Crippen molar-refractivity contribution >= 4 is 17.3 Å². The number of benzene rings is 1. The highest BCUT2D eigenvalue weighted by Gasteiger charge is 2.11. The molecule has 0 radical (unpaired) electrons. The lowest BCUT2D eigenvalue weighted by atomic mass is 10.2. The molecule has 0 atom stereocenters. The van der Waals surface area contributed by atoms with Crippen LogP contribution < -0.4 is 4.90 Å². The summed E-state index contributed by atoms with van der Waals surface area (Å²) in [4.78, 5) is 2.23. The van der Waals surface area contributed by atoms with E-state index in [-0.39, 0.29) is 6.61 Å². The highest BCUT2D eigenvalue weighted by Crippen LogP contribution is 2.28. The Kier molecular flexibility index (Phi) is 4.43. The van der Waals surface area contributed by atoms with Gasteiger partial charge in [-0.2, -0.15) is 0 Å². The van der Waals surface area contributed by atoms with Gasteiger partial charge in [0, 0.05) is 12.6 Å². The fourth-order valence-electron chi connectivity index (χ4n) is 1.70. The van der Waals surface area contributed by atoms with E-state index in [1.165, 1.54) is 0 Å². The Morgan fingerprint density at radius 3 is 2.47 bits per heavy atom. The van der Waals surface area contributed by atoms with Crippen LogP contribution in [0.5, 0.6) is 0 Å². The molecule has 0 saturated heterocycles. The minimum absolute atomic E-state index is 0.0355. The predicted octanol–water partition coefficient (Wildman–Crippen LogP) is 3.07. The summed E-state index contributed by atoms with van der Waals surface area (Å²) < 4.78 is 0. The Morgan fingerprint density at radius 1 is 1.40 bits per heavy atom. The Balaban J connectivity index is 3.03. The van der Waals surface area contributed by atoms with Crippen LogP contribution >= 0.6 is 11.6 Å². The first-order valence-electron chi connectivity index (χ1n) is 5.26. The maximum atomic E-state index is 8.99. The van der Waals surface area contributed by atoms with E-state index in [0.717, 1.165) is 17.8 Å². The smallest absolute Gasteiger partial charge is 0.0682 e. The monoisotopic (exact) mass is 227 g/mol. The molecule has 0 saturated carbocycles. The molecule has 84 valence electrons. The van der Waals surface area contributed by atoms with Crippen LogP contribution in [0.3, 0.4) is 0 Å². The third-order valence-electron chi connectivity index (χ3n) is 2.47. The van der Waals surface area contributed by atoms with Gasteiger partial charge in [0.25, 0.3) is 0 Å². The standard InChI is InChI=1S/C12H18ClNO/c1-4-14(9(2)3)12-6-5-10(8-15)7-11(12)13/h5-7,9,15H,4,8H2,1-3H3. The van der Waals surface area contributed by atoms with E-state index in [2.05, 4.69) is 25.7 Å². The third kappa shape index (κ3) is 2.86. The van der Waals surface area contributed by atoms with Crippen molar-refractivity contribution in [2.45, 2.75) is 33.4 Å². The van der Waals surface area contributed by atoms with Crippen molar-refractivity contribution in [1.82, 2.24) is 0 Å². The summed E-state index contributed by atoms with van der Waals surface area (Å²) in [6.07, 6.45) is 0. The lowest BCUT2D eigenvalue weighted by Crippen LogP contribution is -2.30. The zero-order valence-electron chi connectivity index (χ0n) is 9.50. The van der Waals surface area contributed by atoms with Crippen LogP contribution in [-0.2, 0) is 6.61 Å². The molecule has 0 aliphatic rings. The van der Waals surface area contributed by atoms with Gasteiger partial charge >= 0.3 is 0 Å². The maximum Gasteiger partial charge on any atom is 0.0682 e. The molecule has 0 spiro atoms. The van der Waals surface area contributed by atoms with E-state index in [1.54, 1.807) is 0 Å². The molecule has 0 unspecified atom stereocenters. The minimum Gasteiger partial charge on any atom is -0.392 e. The number of halogens is 1. The van der Waals surface area contributed by atoms with Gasteiger partial charge in [0.05, 0.1) is 17.3 Å². The second-order valence-electron chi connectivity index (χ2n) is 3.82. The highest BCUT2D eigenvalue weighted by molar-refractivity contribution is 6.33. The van der Waals surface area contributed by atoms with Gasteiger partial charge in [-0.3, -0.25) is 0 Å². The molecule has 0 amide bonds. The summed E-state index contributed by atoms with van der Waals surface area (Å²) in [6.45, 7) is 7.35. The summed E-state index contributed by atoms with van der Waals surface area (Å²) in [5.41, 5.74) is 1.88. The zero-order valence-corrected chi connectivity index (χ0v) is 10.3. The molecule has 3 heteroatoms. The number of nitrogens with zero attached hydrogens (tertiary/aromatic N) is 1. The molecule has 0 aliphatic heterocycles. The quantitative estimate of drug-likeness (QED) is 0.855. The van der Waals surface area contributed by atoms with Crippen molar-refractivity contribution in [1.29, 1.82) is 0 Å². The van der Waals surface area contributed by atoms with E-state index in [9.17, 15) is 0 Å². The average molecular weight is 228 g/mol. The number of aliphatic hydroxyl groups excluding tert-OH is 1. The van der Waals surface area contributed by atoms with Gasteiger partial charge in [-0.1, -0.05) is 17.7 Å². The van der Waals surface area contributed by atoms with Crippen molar-refractivity contribution in [2.75, 3.05) is 11.4 Å². The lowest BCUT2D eigenvalue weighted by molar-refractivity contribution is 0.282. The summed E-state index contributed by atoms with van der Waals surface area (Å²) in [6, 6.07) is 6.12. The summed E-state index contributed by atoms with van der Waals surface area (Å²) in [5.74, 6) is 0. The third-order valence-corrected chi connectivity index (χ3v) is 2.77. The Bertz CT molecular complexity index is 325. The van der Waals surface area contributed by atoms with Gasteiger partial charge in [-0.15, -0.1) is 0 Å². The topological polar surface area (TPSA) is 23.5 Å². The summed E-state index contributed by atoms with van der Waals surface area (Å²) in [7, 11) is 0. The van der Waals surface area contributed by atoms with E-state index < -0.39 is 0 Å². The van der Waals surface area contributed by atoms with Crippen LogP contribution in [0.25, 0.3) is 0 Å². The van der Waals surface area contributed by atoms with E-state index in [1.807, 2.05) is 18.2 Å². The van der Waals surface area contributed by atoms with Crippen LogP contribution in [0.15, 0.2) is 18.2 Å². The van der Waals surface area contributed by atoms with E-state index >= 15 is 0 Å². The van der Waals surface area contributed by atoms with E-state index in [0.29, 0.717) is 11.1 Å². The number of hydrogen-bond acceptors (Lipinski definition) is 2. The van der Waals surface area contributed by atoms with Crippen molar-refractivity contribution in [3.8, 4) is 0 Å². The first-order chi connectivity index (χ1) is 7.10. The van der Waals surface area contributed by atoms with Crippen molar-refractivity contribution in [2.24, 2.45) is 0 Å². The number of aliphatic hydroxyl groups is 1. The molecule has 1 N–H and O–H groups in total. The SMILES string of the molecule is CCN(c1ccc(CO)cc1Cl)C(C)C. The first kappa shape index (κ1) is 12.3. The predicted molar refractivity (Wildman–Crippen MR) is 65.5 cm³/mol. The van der Waals surface area contributed by atoms with Crippen LogP contribution in [0.2, 0.25) is 5.02 Å². The molecule has 0 bridgehead atoms. The Labute approximate surface area is 96.5 Å². The molecule has 1 aromatic rings. The minimum atomic E-state index is 0.0355. The molecule has 15 heavy (non-hydrogen) atoms. The molecule has 1 aromatic carbocycles. The Morgan fingerprint density at radius 2 is 2.07 bits per heavy atom. The van der Waals surface area contributed by atoms with Gasteiger partial charge in [-0.05, 0) is 38.5 Å². The molecule has 0 aromatic heterocycles. The highest BCUT2D eigenvalue weighted by atomic mass is 35.5. The molecular formula is C12H18ClNO. The van der Waals surface area contributed by atoms with Gasteiger partial charge in [0.1, 0.15) is 0 Å². The average Bonchev–Trinajstić information content (AvgIpc) is 2.20. The van der Waals surface area contributed by atoms with E-state index in [4.69, 9.17) is 16.7 Å². The second-order valence-corrected chi connectivity index (χ2v) is 4.23. The second kappa shape index (κ2) is 5.38. The molecular weight excluding hydrogens is 210 g/mol. The van der Waals surface area contributed by atoms with Crippen LogP contribution in [-0.4, -0.2) is 17.7 Å². The fraction of sp³-hybridized carbons (Fsp3) is 0.500. The van der Waals surface area contributed by atoms with Crippen LogP contribution in [0.1, 0.15) is 26.3 Å². The summed E-state index contributed by atoms with van der Waals surface area (Å²) >= 11 is 6.17.